The van der Waals surface area contributed by atoms with Crippen molar-refractivity contribution in [3.63, 3.8) is 0 Å². The Morgan fingerprint density at radius 2 is 2.00 bits per heavy atom. The summed E-state index contributed by atoms with van der Waals surface area (Å²) in [6.45, 7) is 0.616. The number of nitrogens with two attached hydrogens (primary N) is 1. The van der Waals surface area contributed by atoms with Gasteiger partial charge in [0.25, 0.3) is 0 Å². The minimum Gasteiger partial charge on any atom is -0.492 e. The van der Waals surface area contributed by atoms with Crippen molar-refractivity contribution < 1.29 is 14.3 Å². The maximum atomic E-state index is 12.5. The van der Waals surface area contributed by atoms with Crippen LogP contribution in [0.2, 0.25) is 0 Å². The molecule has 21 heavy (non-hydrogen) atoms. The van der Waals surface area contributed by atoms with Gasteiger partial charge in [0.05, 0.1) is 12.0 Å². The predicted molar refractivity (Wildman–Crippen MR) is 78.6 cm³/mol. The highest BCUT2D eigenvalue weighted by Crippen LogP contribution is 2.46. The molecular weight excluding hydrogens is 268 g/mol. The molecule has 0 bridgehead atoms. The molecule has 1 saturated heterocycles. The van der Waals surface area contributed by atoms with Crippen LogP contribution in [-0.2, 0) is 9.59 Å². The standard InChI is InChI=1S/C16H20N2O3/c17-12-4-3-5-13(10-12)21-9-8-18-14(19)11-16(15(18)20)6-1-2-7-16/h3-5,10H,1-2,6-9,11,17H2. The predicted octanol–water partition coefficient (Wildman–Crippen LogP) is 1.97. The fourth-order valence-corrected chi connectivity index (χ4v) is 3.39. The van der Waals surface area contributed by atoms with E-state index in [-0.39, 0.29) is 11.8 Å². The molecule has 2 fully saturated rings. The summed E-state index contributed by atoms with van der Waals surface area (Å²) in [6, 6.07) is 7.13. The molecule has 1 aliphatic carbocycles. The van der Waals surface area contributed by atoms with Crippen LogP contribution in [-0.4, -0.2) is 29.9 Å². The smallest absolute Gasteiger partial charge is 0.236 e. The van der Waals surface area contributed by atoms with Crippen LogP contribution in [0, 0.1) is 5.41 Å². The van der Waals surface area contributed by atoms with Crippen LogP contribution in [0.15, 0.2) is 24.3 Å². The molecule has 0 atom stereocenters. The van der Waals surface area contributed by atoms with Crippen molar-refractivity contribution in [3.05, 3.63) is 24.3 Å². The van der Waals surface area contributed by atoms with Crippen molar-refractivity contribution in [1.29, 1.82) is 0 Å². The highest BCUT2D eigenvalue weighted by atomic mass is 16.5. The maximum absolute atomic E-state index is 12.5. The van der Waals surface area contributed by atoms with Gasteiger partial charge in [-0.2, -0.15) is 0 Å². The van der Waals surface area contributed by atoms with E-state index in [0.29, 0.717) is 31.0 Å². The van der Waals surface area contributed by atoms with Gasteiger partial charge in [-0.3, -0.25) is 14.5 Å². The lowest BCUT2D eigenvalue weighted by Gasteiger charge is -2.20. The lowest BCUT2D eigenvalue weighted by molar-refractivity contribution is -0.141. The minimum absolute atomic E-state index is 0.00109. The van der Waals surface area contributed by atoms with Crippen molar-refractivity contribution >= 4 is 17.5 Å². The number of amides is 2. The normalized spacial score (nSPS) is 20.5. The third-order valence-electron chi connectivity index (χ3n) is 4.49. The number of ether oxygens (including phenoxy) is 1. The summed E-state index contributed by atoms with van der Waals surface area (Å²) in [6.07, 6.45) is 4.18. The Morgan fingerprint density at radius 1 is 1.24 bits per heavy atom. The van der Waals surface area contributed by atoms with E-state index in [0.717, 1.165) is 25.7 Å². The summed E-state index contributed by atoms with van der Waals surface area (Å²) < 4.78 is 5.57. The highest BCUT2D eigenvalue weighted by molar-refractivity contribution is 6.06. The number of hydrogen-bond acceptors (Lipinski definition) is 4. The Balaban J connectivity index is 1.58. The molecule has 2 aliphatic rings. The van der Waals surface area contributed by atoms with E-state index in [1.165, 1.54) is 4.90 Å². The lowest BCUT2D eigenvalue weighted by atomic mass is 9.84. The molecule has 1 heterocycles. The zero-order chi connectivity index (χ0) is 14.9. The SMILES string of the molecule is Nc1cccc(OCCN2C(=O)CC3(CCCC3)C2=O)c1. The first-order valence-electron chi connectivity index (χ1n) is 7.44. The summed E-state index contributed by atoms with van der Waals surface area (Å²) in [7, 11) is 0. The van der Waals surface area contributed by atoms with Crippen molar-refractivity contribution in [2.24, 2.45) is 5.41 Å². The number of nitrogens with zero attached hydrogens (tertiary/aromatic N) is 1. The Hall–Kier alpha value is -2.04. The largest absolute Gasteiger partial charge is 0.492 e. The molecule has 2 N–H and O–H groups in total. The number of carbonyl (C=O) groups excluding carboxylic acids is 2. The number of benzene rings is 1. The molecule has 5 nitrogen and oxygen atoms in total. The summed E-state index contributed by atoms with van der Waals surface area (Å²) in [5, 5.41) is 0. The van der Waals surface area contributed by atoms with Gasteiger partial charge in [-0.25, -0.2) is 0 Å². The van der Waals surface area contributed by atoms with Crippen LogP contribution in [0.3, 0.4) is 0 Å². The number of likely N-dealkylation sites (tertiary alicyclic amines) is 1. The second-order valence-electron chi connectivity index (χ2n) is 5.94. The molecule has 1 aromatic rings. The van der Waals surface area contributed by atoms with Crippen molar-refractivity contribution in [2.75, 3.05) is 18.9 Å². The first-order chi connectivity index (χ1) is 10.1. The Kier molecular flexibility index (Phi) is 3.57. The van der Waals surface area contributed by atoms with Gasteiger partial charge in [-0.15, -0.1) is 0 Å². The number of hydrogen-bond donors (Lipinski definition) is 1. The quantitative estimate of drug-likeness (QED) is 0.679. The summed E-state index contributed by atoms with van der Waals surface area (Å²) in [5.41, 5.74) is 5.91. The second-order valence-corrected chi connectivity index (χ2v) is 5.94. The minimum atomic E-state index is -0.395. The molecule has 2 amide bonds. The number of rotatable bonds is 4. The Bertz CT molecular complexity index is 564. The monoisotopic (exact) mass is 288 g/mol. The first kappa shape index (κ1) is 13.9. The molecule has 1 aromatic carbocycles. The summed E-state index contributed by atoms with van der Waals surface area (Å²) in [5.74, 6) is 0.601. The average Bonchev–Trinajstić information content (AvgIpc) is 3.00. The fourth-order valence-electron chi connectivity index (χ4n) is 3.39. The van der Waals surface area contributed by atoms with Crippen LogP contribution in [0.4, 0.5) is 5.69 Å². The fraction of sp³-hybridized carbons (Fsp3) is 0.500. The van der Waals surface area contributed by atoms with E-state index in [4.69, 9.17) is 10.5 Å². The van der Waals surface area contributed by atoms with Gasteiger partial charge in [0.2, 0.25) is 11.8 Å². The van der Waals surface area contributed by atoms with Crippen LogP contribution >= 0.6 is 0 Å². The third-order valence-corrected chi connectivity index (χ3v) is 4.49. The summed E-state index contributed by atoms with van der Waals surface area (Å²) >= 11 is 0. The molecule has 0 unspecified atom stereocenters. The molecule has 1 aliphatic heterocycles. The molecule has 0 radical (unpaired) electrons. The van der Waals surface area contributed by atoms with Gasteiger partial charge in [0.1, 0.15) is 12.4 Å². The zero-order valence-corrected chi connectivity index (χ0v) is 12.0. The molecular formula is C16H20N2O3. The van der Waals surface area contributed by atoms with E-state index in [9.17, 15) is 9.59 Å². The highest BCUT2D eigenvalue weighted by Gasteiger charge is 2.52. The number of imide groups is 1. The summed E-state index contributed by atoms with van der Waals surface area (Å²) in [4.78, 5) is 25.9. The first-order valence-corrected chi connectivity index (χ1v) is 7.44. The lowest BCUT2D eigenvalue weighted by Crippen LogP contribution is -2.37. The van der Waals surface area contributed by atoms with E-state index in [1.807, 2.05) is 12.1 Å². The average molecular weight is 288 g/mol. The zero-order valence-electron chi connectivity index (χ0n) is 12.0. The van der Waals surface area contributed by atoms with Gasteiger partial charge >= 0.3 is 0 Å². The molecule has 1 spiro atoms. The molecule has 3 rings (SSSR count). The van der Waals surface area contributed by atoms with E-state index in [2.05, 4.69) is 0 Å². The topological polar surface area (TPSA) is 72.6 Å². The van der Waals surface area contributed by atoms with Gasteiger partial charge in [0.15, 0.2) is 0 Å². The van der Waals surface area contributed by atoms with Crippen molar-refractivity contribution in [3.8, 4) is 5.75 Å². The van der Waals surface area contributed by atoms with Gasteiger partial charge < -0.3 is 10.5 Å². The van der Waals surface area contributed by atoms with Crippen LogP contribution in [0.1, 0.15) is 32.1 Å². The van der Waals surface area contributed by atoms with E-state index >= 15 is 0 Å². The number of nitrogen functional groups attached to an aromatic ring is 1. The van der Waals surface area contributed by atoms with Crippen LogP contribution < -0.4 is 10.5 Å². The van der Waals surface area contributed by atoms with E-state index < -0.39 is 5.41 Å². The number of anilines is 1. The van der Waals surface area contributed by atoms with Crippen LogP contribution in [0.5, 0.6) is 5.75 Å². The molecule has 5 heteroatoms. The Morgan fingerprint density at radius 3 is 2.71 bits per heavy atom. The second kappa shape index (κ2) is 5.39. The van der Waals surface area contributed by atoms with Gasteiger partial charge in [-0.1, -0.05) is 18.9 Å². The van der Waals surface area contributed by atoms with Crippen LogP contribution in [0.25, 0.3) is 0 Å². The van der Waals surface area contributed by atoms with Crippen molar-refractivity contribution in [2.45, 2.75) is 32.1 Å². The van der Waals surface area contributed by atoms with Gasteiger partial charge in [0, 0.05) is 18.2 Å². The molecule has 112 valence electrons. The van der Waals surface area contributed by atoms with Gasteiger partial charge in [-0.05, 0) is 25.0 Å². The maximum Gasteiger partial charge on any atom is 0.236 e. The molecule has 1 saturated carbocycles. The third kappa shape index (κ3) is 2.60. The van der Waals surface area contributed by atoms with E-state index in [1.54, 1.807) is 12.1 Å². The van der Waals surface area contributed by atoms with Crippen molar-refractivity contribution in [1.82, 2.24) is 4.90 Å². The number of carbonyl (C=O) groups is 2. The Labute approximate surface area is 124 Å². The molecule has 0 aromatic heterocycles.